The Kier molecular flexibility index (Phi) is 5.12. The van der Waals surface area contributed by atoms with Crippen LogP contribution in [0.4, 0.5) is 0 Å². The minimum Gasteiger partial charge on any atom is -0.660 e. The van der Waals surface area contributed by atoms with Gasteiger partial charge in [-0.1, -0.05) is 11.6 Å². The lowest BCUT2D eigenvalue weighted by Crippen LogP contribution is -2.61. The summed E-state index contributed by atoms with van der Waals surface area (Å²) >= 11 is 6.54. The smallest absolute Gasteiger partial charge is 0.0796 e. The Morgan fingerprint density at radius 1 is 1.20 bits per heavy atom. The number of aliphatic hydroxyl groups is 1. The molecule has 1 N–H and O–H groups in total. The number of likely N-dealkylation sites (N-methyl/N-ethyl adjacent to an activating group) is 1. The molecule has 1 aliphatic heterocycles. The summed E-state index contributed by atoms with van der Waals surface area (Å²) in [5.74, 6) is 1.21. The Labute approximate surface area is 158 Å². The van der Waals surface area contributed by atoms with Crippen LogP contribution in [0.5, 0.6) is 0 Å². The van der Waals surface area contributed by atoms with Gasteiger partial charge >= 0.3 is 0 Å². The molecule has 0 unspecified atom stereocenters. The van der Waals surface area contributed by atoms with Gasteiger partial charge in [0.25, 0.3) is 0 Å². The standard InChI is InChI=1S/C21H35ClNO2/c1-13-7-8-15(21(5)12-10-16(22)19(2,3)25-21)17-14(13)9-11-20(4,24)18(17)23-6/h7,14-18,24H,8-12H2,1-6H3/q-1/t14-,15+,16+,17+,18-,20-,21-/m1/s1. The van der Waals surface area contributed by atoms with Gasteiger partial charge in [0.15, 0.2) is 0 Å². The molecular weight excluding hydrogens is 334 g/mol. The predicted molar refractivity (Wildman–Crippen MR) is 104 cm³/mol. The fourth-order valence-corrected chi connectivity index (χ4v) is 6.07. The van der Waals surface area contributed by atoms with Crippen molar-refractivity contribution < 1.29 is 9.84 Å². The van der Waals surface area contributed by atoms with Crippen molar-refractivity contribution in [2.75, 3.05) is 7.05 Å². The van der Waals surface area contributed by atoms with Gasteiger partial charge in [0.1, 0.15) is 0 Å². The number of rotatable bonds is 2. The number of fused-ring (bicyclic) bond motifs is 1. The average Bonchev–Trinajstić information content (AvgIpc) is 2.50. The second kappa shape index (κ2) is 6.51. The third kappa shape index (κ3) is 3.31. The quantitative estimate of drug-likeness (QED) is 0.547. The van der Waals surface area contributed by atoms with Gasteiger partial charge < -0.3 is 15.2 Å². The molecule has 0 aromatic heterocycles. The zero-order valence-corrected chi connectivity index (χ0v) is 17.4. The summed E-state index contributed by atoms with van der Waals surface area (Å²) in [7, 11) is 1.87. The SMILES string of the molecule is C[N-][C@@H]1[C@H]2[C@H](CC[C@@]1(C)O)C(C)=CC[C@@H]2[C@@]1(C)CC[C@H](Cl)C(C)(C)O1. The molecule has 144 valence electrons. The summed E-state index contributed by atoms with van der Waals surface area (Å²) in [6, 6.07) is -0.0304. The molecule has 0 bridgehead atoms. The van der Waals surface area contributed by atoms with Crippen LogP contribution >= 0.6 is 11.6 Å². The van der Waals surface area contributed by atoms with Crippen LogP contribution in [0.15, 0.2) is 11.6 Å². The highest BCUT2D eigenvalue weighted by Gasteiger charge is 2.54. The zero-order chi connectivity index (χ0) is 18.6. The summed E-state index contributed by atoms with van der Waals surface area (Å²) in [6.45, 7) is 10.7. The van der Waals surface area contributed by atoms with Crippen molar-refractivity contribution in [2.45, 2.75) is 94.9 Å². The van der Waals surface area contributed by atoms with Gasteiger partial charge in [-0.3, -0.25) is 0 Å². The van der Waals surface area contributed by atoms with E-state index >= 15 is 0 Å². The van der Waals surface area contributed by atoms with E-state index in [0.717, 1.165) is 32.1 Å². The molecule has 3 aliphatic rings. The molecule has 0 radical (unpaired) electrons. The average molecular weight is 369 g/mol. The van der Waals surface area contributed by atoms with Crippen LogP contribution in [-0.4, -0.2) is 40.4 Å². The molecular formula is C21H35ClNO2-. The Balaban J connectivity index is 1.97. The second-order valence-corrected chi connectivity index (χ2v) is 10.1. The van der Waals surface area contributed by atoms with Gasteiger partial charge in [-0.2, -0.15) is 7.05 Å². The molecule has 0 aromatic rings. The maximum absolute atomic E-state index is 11.0. The number of allylic oxidation sites excluding steroid dienone is 2. The van der Waals surface area contributed by atoms with Gasteiger partial charge in [-0.15, -0.1) is 17.6 Å². The van der Waals surface area contributed by atoms with Crippen LogP contribution in [-0.2, 0) is 4.74 Å². The number of alkyl halides is 1. The van der Waals surface area contributed by atoms with Crippen molar-refractivity contribution in [3.8, 4) is 0 Å². The molecule has 1 heterocycles. The van der Waals surface area contributed by atoms with E-state index in [2.05, 4.69) is 39.1 Å². The van der Waals surface area contributed by atoms with E-state index in [1.54, 1.807) is 0 Å². The van der Waals surface area contributed by atoms with Gasteiger partial charge in [-0.05, 0) is 84.5 Å². The third-order valence-electron chi connectivity index (χ3n) is 7.38. The number of hydrogen-bond acceptors (Lipinski definition) is 2. The van der Waals surface area contributed by atoms with Crippen molar-refractivity contribution in [3.63, 3.8) is 0 Å². The van der Waals surface area contributed by atoms with Crippen molar-refractivity contribution >= 4 is 11.6 Å². The van der Waals surface area contributed by atoms with Crippen LogP contribution in [0, 0.1) is 17.8 Å². The predicted octanol–water partition coefficient (Wildman–Crippen LogP) is 5.06. The lowest BCUT2D eigenvalue weighted by Gasteiger charge is -2.61. The lowest BCUT2D eigenvalue weighted by molar-refractivity contribution is -0.207. The minimum atomic E-state index is -0.721. The lowest BCUT2D eigenvalue weighted by atomic mass is 9.55. The summed E-state index contributed by atoms with van der Waals surface area (Å²) in [5, 5.41) is 15.8. The number of halogens is 1. The van der Waals surface area contributed by atoms with E-state index in [-0.39, 0.29) is 22.6 Å². The third-order valence-corrected chi connectivity index (χ3v) is 8.12. The highest BCUT2D eigenvalue weighted by Crippen LogP contribution is 2.55. The molecule has 1 saturated heterocycles. The van der Waals surface area contributed by atoms with Crippen molar-refractivity contribution in [1.82, 2.24) is 0 Å². The molecule has 1 saturated carbocycles. The zero-order valence-electron chi connectivity index (χ0n) is 16.7. The first-order chi connectivity index (χ1) is 11.5. The topological polar surface area (TPSA) is 43.6 Å². The minimum absolute atomic E-state index is 0.0304. The summed E-state index contributed by atoms with van der Waals surface area (Å²) in [5.41, 5.74) is 0.211. The largest absolute Gasteiger partial charge is 0.660 e. The molecule has 0 amide bonds. The fourth-order valence-electron chi connectivity index (χ4n) is 5.92. The Hall–Kier alpha value is -0.0900. The molecule has 2 fully saturated rings. The Morgan fingerprint density at radius 2 is 1.88 bits per heavy atom. The van der Waals surface area contributed by atoms with Gasteiger partial charge in [0.2, 0.25) is 0 Å². The number of ether oxygens (including phenoxy) is 1. The second-order valence-electron chi connectivity index (χ2n) is 9.60. The normalized spacial score (nSPS) is 50.1. The molecule has 3 nitrogen and oxygen atoms in total. The number of hydrogen-bond donors (Lipinski definition) is 1. The molecule has 25 heavy (non-hydrogen) atoms. The molecule has 0 aromatic carbocycles. The van der Waals surface area contributed by atoms with Crippen LogP contribution in [0.3, 0.4) is 0 Å². The van der Waals surface area contributed by atoms with Gasteiger partial charge in [-0.25, -0.2) is 0 Å². The maximum Gasteiger partial charge on any atom is 0.0796 e. The maximum atomic E-state index is 11.0. The summed E-state index contributed by atoms with van der Waals surface area (Å²) in [4.78, 5) is 0. The van der Waals surface area contributed by atoms with E-state index in [4.69, 9.17) is 16.3 Å². The molecule has 0 spiro atoms. The van der Waals surface area contributed by atoms with E-state index < -0.39 is 5.60 Å². The first-order valence-corrected chi connectivity index (χ1v) is 10.3. The molecule has 3 rings (SSSR count). The van der Waals surface area contributed by atoms with Crippen LogP contribution in [0.2, 0.25) is 0 Å². The molecule has 7 atom stereocenters. The molecule has 4 heteroatoms. The summed E-state index contributed by atoms with van der Waals surface area (Å²) in [6.07, 6.45) is 7.23. The van der Waals surface area contributed by atoms with Crippen molar-refractivity contribution in [3.05, 3.63) is 17.0 Å². The monoisotopic (exact) mass is 368 g/mol. The van der Waals surface area contributed by atoms with Crippen LogP contribution < -0.4 is 0 Å². The van der Waals surface area contributed by atoms with Crippen LogP contribution in [0.1, 0.15) is 66.7 Å². The van der Waals surface area contributed by atoms with Crippen molar-refractivity contribution in [2.24, 2.45) is 17.8 Å². The van der Waals surface area contributed by atoms with E-state index in [1.165, 1.54) is 5.57 Å². The van der Waals surface area contributed by atoms with E-state index in [0.29, 0.717) is 17.8 Å². The first kappa shape index (κ1) is 19.7. The Morgan fingerprint density at radius 3 is 2.48 bits per heavy atom. The highest BCUT2D eigenvalue weighted by molar-refractivity contribution is 6.21. The van der Waals surface area contributed by atoms with Gasteiger partial charge in [0, 0.05) is 5.60 Å². The first-order valence-electron chi connectivity index (χ1n) is 9.84. The van der Waals surface area contributed by atoms with E-state index in [1.807, 2.05) is 14.0 Å². The summed E-state index contributed by atoms with van der Waals surface area (Å²) < 4.78 is 6.67. The van der Waals surface area contributed by atoms with Gasteiger partial charge in [0.05, 0.1) is 16.6 Å². The van der Waals surface area contributed by atoms with Crippen LogP contribution in [0.25, 0.3) is 5.32 Å². The highest BCUT2D eigenvalue weighted by atomic mass is 35.5. The fraction of sp³-hybridized carbons (Fsp3) is 0.905. The number of nitrogens with zero attached hydrogens (tertiary/aromatic N) is 1. The van der Waals surface area contributed by atoms with Crippen molar-refractivity contribution in [1.29, 1.82) is 0 Å². The molecule has 2 aliphatic carbocycles. The van der Waals surface area contributed by atoms with E-state index in [9.17, 15) is 5.11 Å². The Bertz CT molecular complexity index is 544.